The molecule has 0 spiro atoms. The Hall–Kier alpha value is -0.0400. The molecule has 0 aromatic rings. The smallest absolute Gasteiger partial charge is 0.0466 e. The fourth-order valence-electron chi connectivity index (χ4n) is 6.53. The lowest BCUT2D eigenvalue weighted by Gasteiger charge is -2.17. The number of ether oxygens (including phenoxy) is 1. The van der Waals surface area contributed by atoms with E-state index in [4.69, 9.17) is 4.74 Å². The van der Waals surface area contributed by atoms with E-state index in [0.717, 1.165) is 19.1 Å². The second-order valence-corrected chi connectivity index (χ2v) is 13.7. The van der Waals surface area contributed by atoms with Gasteiger partial charge in [-0.05, 0) is 18.8 Å². The number of unbranched alkanes of at least 4 members (excludes halogenated alkanes) is 27. The van der Waals surface area contributed by atoms with Crippen LogP contribution < -0.4 is 0 Å². The third kappa shape index (κ3) is 36.1. The van der Waals surface area contributed by atoms with E-state index >= 15 is 0 Å². The van der Waals surface area contributed by atoms with Gasteiger partial charge in [0.2, 0.25) is 0 Å². The zero-order chi connectivity index (χ0) is 29.7. The van der Waals surface area contributed by atoms with Crippen LogP contribution in [0.3, 0.4) is 0 Å². The molecule has 0 aliphatic heterocycles. The third-order valence-corrected chi connectivity index (χ3v) is 9.48. The summed E-state index contributed by atoms with van der Waals surface area (Å²) in [6, 6.07) is 0. The van der Waals surface area contributed by atoms with Gasteiger partial charge in [-0.1, -0.05) is 226 Å². The molecule has 0 atom stereocenters. The molecule has 41 heavy (non-hydrogen) atoms. The van der Waals surface area contributed by atoms with E-state index in [1.807, 2.05) is 0 Å². The Kier molecular flexibility index (Phi) is 37.9. The summed E-state index contributed by atoms with van der Waals surface area (Å²) in [5.41, 5.74) is 0. The zero-order valence-corrected chi connectivity index (χ0v) is 29.4. The SMILES string of the molecule is CCCCCCCCCCOCCCCCCCCCC(CCCCCCCCCC)CCCCCCCCCC. The van der Waals surface area contributed by atoms with Crippen LogP contribution in [0, 0.1) is 5.92 Å². The summed E-state index contributed by atoms with van der Waals surface area (Å²) in [4.78, 5) is 0. The lowest BCUT2D eigenvalue weighted by Crippen LogP contribution is -2.02. The normalized spacial score (nSPS) is 11.7. The molecule has 0 aromatic carbocycles. The van der Waals surface area contributed by atoms with E-state index in [9.17, 15) is 0 Å². The molecule has 0 radical (unpaired) electrons. The van der Waals surface area contributed by atoms with Gasteiger partial charge in [-0.3, -0.25) is 0 Å². The predicted octanol–water partition coefficient (Wildman–Crippen LogP) is 14.9. The van der Waals surface area contributed by atoms with Crippen LogP contribution in [0.15, 0.2) is 0 Å². The van der Waals surface area contributed by atoms with E-state index < -0.39 is 0 Å². The predicted molar refractivity (Wildman–Crippen MR) is 188 cm³/mol. The van der Waals surface area contributed by atoms with Gasteiger partial charge in [0, 0.05) is 13.2 Å². The van der Waals surface area contributed by atoms with Crippen molar-refractivity contribution in [1.82, 2.24) is 0 Å². The lowest BCUT2D eigenvalue weighted by atomic mass is 9.89. The first kappa shape index (κ1) is 41.0. The largest absolute Gasteiger partial charge is 0.381 e. The summed E-state index contributed by atoms with van der Waals surface area (Å²) in [6.07, 6.45) is 49.0. The average Bonchev–Trinajstić information content (AvgIpc) is 2.98. The summed E-state index contributed by atoms with van der Waals surface area (Å²) in [5, 5.41) is 0. The third-order valence-electron chi connectivity index (χ3n) is 9.48. The van der Waals surface area contributed by atoms with Crippen LogP contribution in [0.4, 0.5) is 0 Å². The Morgan fingerprint density at radius 1 is 0.268 bits per heavy atom. The van der Waals surface area contributed by atoms with Gasteiger partial charge in [0.25, 0.3) is 0 Å². The summed E-state index contributed by atoms with van der Waals surface area (Å²) in [5.74, 6) is 1.02. The van der Waals surface area contributed by atoms with Gasteiger partial charge in [-0.25, -0.2) is 0 Å². The molecule has 0 amide bonds. The molecule has 1 heteroatoms. The van der Waals surface area contributed by atoms with Crippen molar-refractivity contribution in [2.24, 2.45) is 5.92 Å². The summed E-state index contributed by atoms with van der Waals surface area (Å²) in [7, 11) is 0. The second-order valence-electron chi connectivity index (χ2n) is 13.7. The van der Waals surface area contributed by atoms with Crippen molar-refractivity contribution in [2.75, 3.05) is 13.2 Å². The molecule has 0 N–H and O–H groups in total. The molecule has 0 aromatic heterocycles. The zero-order valence-electron chi connectivity index (χ0n) is 29.4. The van der Waals surface area contributed by atoms with Gasteiger partial charge in [-0.15, -0.1) is 0 Å². The minimum absolute atomic E-state index is 0.994. The van der Waals surface area contributed by atoms with Crippen LogP contribution in [0.1, 0.15) is 239 Å². The number of hydrogen-bond acceptors (Lipinski definition) is 1. The van der Waals surface area contributed by atoms with Crippen molar-refractivity contribution in [3.05, 3.63) is 0 Å². The van der Waals surface area contributed by atoms with Crippen LogP contribution in [0.5, 0.6) is 0 Å². The van der Waals surface area contributed by atoms with E-state index in [1.54, 1.807) is 0 Å². The maximum absolute atomic E-state index is 5.89. The molecule has 248 valence electrons. The summed E-state index contributed by atoms with van der Waals surface area (Å²) >= 11 is 0. The quantitative estimate of drug-likeness (QED) is 0.0666. The highest BCUT2D eigenvalue weighted by Gasteiger charge is 2.09. The van der Waals surface area contributed by atoms with Crippen molar-refractivity contribution in [3.8, 4) is 0 Å². The van der Waals surface area contributed by atoms with Gasteiger partial charge in [0.05, 0.1) is 0 Å². The standard InChI is InChI=1S/C40H82O/c1-4-7-10-13-16-20-25-30-35-40(36-31-26-21-17-14-11-8-5-2)37-32-27-22-19-24-29-34-39-41-38-33-28-23-18-15-12-9-6-3/h40H,4-39H2,1-3H3. The second kappa shape index (κ2) is 38.0. The van der Waals surface area contributed by atoms with Crippen molar-refractivity contribution in [3.63, 3.8) is 0 Å². The highest BCUT2D eigenvalue weighted by Crippen LogP contribution is 2.25. The van der Waals surface area contributed by atoms with Crippen molar-refractivity contribution >= 4 is 0 Å². The van der Waals surface area contributed by atoms with Gasteiger partial charge >= 0.3 is 0 Å². The molecule has 0 fully saturated rings. The van der Waals surface area contributed by atoms with E-state index in [-0.39, 0.29) is 0 Å². The van der Waals surface area contributed by atoms with Crippen LogP contribution in [0.2, 0.25) is 0 Å². The molecule has 0 rings (SSSR count). The highest BCUT2D eigenvalue weighted by molar-refractivity contribution is 4.62. The van der Waals surface area contributed by atoms with Gasteiger partial charge in [0.1, 0.15) is 0 Å². The van der Waals surface area contributed by atoms with Gasteiger partial charge in [0.15, 0.2) is 0 Å². The molecule has 0 bridgehead atoms. The Morgan fingerprint density at radius 2 is 0.488 bits per heavy atom. The van der Waals surface area contributed by atoms with Crippen LogP contribution in [0.25, 0.3) is 0 Å². The fraction of sp³-hybridized carbons (Fsp3) is 1.00. The Labute approximate surface area is 262 Å². The highest BCUT2D eigenvalue weighted by atomic mass is 16.5. The van der Waals surface area contributed by atoms with E-state index in [2.05, 4.69) is 20.8 Å². The van der Waals surface area contributed by atoms with Crippen molar-refractivity contribution < 1.29 is 4.74 Å². The monoisotopic (exact) mass is 579 g/mol. The fourth-order valence-corrected chi connectivity index (χ4v) is 6.53. The van der Waals surface area contributed by atoms with Crippen LogP contribution >= 0.6 is 0 Å². The van der Waals surface area contributed by atoms with Gasteiger partial charge < -0.3 is 4.74 Å². The van der Waals surface area contributed by atoms with Crippen molar-refractivity contribution in [2.45, 2.75) is 239 Å². The maximum Gasteiger partial charge on any atom is 0.0466 e. The molecule has 0 heterocycles. The maximum atomic E-state index is 5.89. The van der Waals surface area contributed by atoms with E-state index in [0.29, 0.717) is 0 Å². The lowest BCUT2D eigenvalue weighted by molar-refractivity contribution is 0.125. The number of hydrogen-bond donors (Lipinski definition) is 0. The molecule has 0 aliphatic carbocycles. The molecule has 0 saturated carbocycles. The molecule has 0 unspecified atom stereocenters. The molecule has 1 nitrogen and oxygen atoms in total. The molecule has 0 saturated heterocycles. The first-order valence-electron chi connectivity index (χ1n) is 19.9. The molecular formula is C40H82O. The average molecular weight is 579 g/mol. The first-order valence-corrected chi connectivity index (χ1v) is 19.9. The van der Waals surface area contributed by atoms with Crippen molar-refractivity contribution in [1.29, 1.82) is 0 Å². The topological polar surface area (TPSA) is 9.23 Å². The van der Waals surface area contributed by atoms with Crippen LogP contribution in [-0.2, 0) is 4.74 Å². The molecular weight excluding hydrogens is 496 g/mol. The number of rotatable bonds is 37. The summed E-state index contributed by atoms with van der Waals surface area (Å²) in [6.45, 7) is 8.93. The van der Waals surface area contributed by atoms with Gasteiger partial charge in [-0.2, -0.15) is 0 Å². The first-order chi connectivity index (χ1) is 20.3. The summed E-state index contributed by atoms with van der Waals surface area (Å²) < 4.78 is 5.89. The Bertz CT molecular complexity index is 413. The minimum atomic E-state index is 0.994. The Morgan fingerprint density at radius 3 is 0.756 bits per heavy atom. The minimum Gasteiger partial charge on any atom is -0.381 e. The Balaban J connectivity index is 3.71. The van der Waals surface area contributed by atoms with E-state index in [1.165, 1.54) is 218 Å². The van der Waals surface area contributed by atoms with Crippen LogP contribution in [-0.4, -0.2) is 13.2 Å². The molecule has 0 aliphatic rings.